The van der Waals surface area contributed by atoms with E-state index in [0.717, 1.165) is 38.5 Å². The maximum atomic E-state index is 12.2. The monoisotopic (exact) mass is 476 g/mol. The van der Waals surface area contributed by atoms with Gasteiger partial charge in [0.25, 0.3) is 0 Å². The van der Waals surface area contributed by atoms with E-state index in [2.05, 4.69) is 22.6 Å². The molecule has 0 aromatic carbocycles. The van der Waals surface area contributed by atoms with Crippen LogP contribution in [0.4, 0.5) is 0 Å². The molecule has 0 radical (unpaired) electrons. The van der Waals surface area contributed by atoms with Crippen molar-refractivity contribution in [3.63, 3.8) is 0 Å². The van der Waals surface area contributed by atoms with Gasteiger partial charge in [-0.25, -0.2) is 4.79 Å². The van der Waals surface area contributed by atoms with Gasteiger partial charge in [-0.1, -0.05) is 67.2 Å². The second-order valence-corrected chi connectivity index (χ2v) is 8.49. The molecule has 150 valence electrons. The van der Waals surface area contributed by atoms with Gasteiger partial charge >= 0.3 is 5.97 Å². The van der Waals surface area contributed by atoms with Crippen LogP contribution in [-0.4, -0.2) is 22.8 Å². The molecule has 0 aliphatic heterocycles. The standard InChI is InChI=1S/C22H37IO3/c1-2-26-22(25)15-11-7-6-10-14-20-19(16-17-21(20)24)13-9-5-3-4-8-12-18-23/h11,15,19-20H,2-10,12-14,16-18H2,1H3/t19-,20+/m0/s1. The van der Waals surface area contributed by atoms with Crippen LogP contribution < -0.4 is 0 Å². The molecule has 0 aromatic heterocycles. The molecule has 1 fully saturated rings. The normalized spacial score (nSPS) is 20.2. The first-order valence-electron chi connectivity index (χ1n) is 10.6. The lowest BCUT2D eigenvalue weighted by atomic mass is 9.86. The Labute approximate surface area is 173 Å². The minimum Gasteiger partial charge on any atom is -0.463 e. The lowest BCUT2D eigenvalue weighted by Crippen LogP contribution is -2.14. The Hall–Kier alpha value is -0.390. The van der Waals surface area contributed by atoms with E-state index in [4.69, 9.17) is 4.74 Å². The number of hydrogen-bond donors (Lipinski definition) is 0. The van der Waals surface area contributed by atoms with Crippen molar-refractivity contribution in [3.8, 4) is 0 Å². The summed E-state index contributed by atoms with van der Waals surface area (Å²) in [5.41, 5.74) is 0. The molecular weight excluding hydrogens is 439 g/mol. The Balaban J connectivity index is 2.13. The molecule has 0 heterocycles. The Morgan fingerprint density at radius 1 is 1.08 bits per heavy atom. The van der Waals surface area contributed by atoms with Crippen LogP contribution in [-0.2, 0) is 14.3 Å². The molecule has 0 amide bonds. The Morgan fingerprint density at radius 3 is 2.50 bits per heavy atom. The first kappa shape index (κ1) is 23.6. The maximum absolute atomic E-state index is 12.2. The third-order valence-corrected chi connectivity index (χ3v) is 6.14. The molecule has 2 atom stereocenters. The quantitative estimate of drug-likeness (QED) is 0.0900. The van der Waals surface area contributed by atoms with Crippen LogP contribution >= 0.6 is 22.6 Å². The van der Waals surface area contributed by atoms with Gasteiger partial charge in [0.05, 0.1) is 6.61 Å². The number of carbonyl (C=O) groups is 2. The van der Waals surface area contributed by atoms with Gasteiger partial charge in [-0.15, -0.1) is 0 Å². The molecule has 3 nitrogen and oxygen atoms in total. The van der Waals surface area contributed by atoms with Crippen LogP contribution in [0, 0.1) is 11.8 Å². The lowest BCUT2D eigenvalue weighted by molar-refractivity contribution is -0.137. The number of rotatable bonds is 15. The lowest BCUT2D eigenvalue weighted by Gasteiger charge is -2.18. The molecule has 0 N–H and O–H groups in total. The number of esters is 1. The van der Waals surface area contributed by atoms with E-state index in [9.17, 15) is 9.59 Å². The van der Waals surface area contributed by atoms with Crippen molar-refractivity contribution >= 4 is 34.3 Å². The molecule has 26 heavy (non-hydrogen) atoms. The fraction of sp³-hybridized carbons (Fsp3) is 0.818. The average Bonchev–Trinajstić information content (AvgIpc) is 2.97. The summed E-state index contributed by atoms with van der Waals surface area (Å²) in [5, 5.41) is 0. The minimum absolute atomic E-state index is 0.257. The second-order valence-electron chi connectivity index (χ2n) is 7.41. The van der Waals surface area contributed by atoms with E-state index in [-0.39, 0.29) is 5.97 Å². The number of Topliss-reactive ketones (excluding diaryl/α,β-unsaturated/α-hetero) is 1. The molecule has 4 heteroatoms. The van der Waals surface area contributed by atoms with E-state index in [1.54, 1.807) is 0 Å². The van der Waals surface area contributed by atoms with Crippen molar-refractivity contribution in [2.45, 2.75) is 90.4 Å². The highest BCUT2D eigenvalue weighted by Crippen LogP contribution is 2.36. The van der Waals surface area contributed by atoms with Gasteiger partial charge in [-0.3, -0.25) is 4.79 Å². The number of ether oxygens (including phenoxy) is 1. The summed E-state index contributed by atoms with van der Waals surface area (Å²) in [5.74, 6) is 1.18. The third-order valence-electron chi connectivity index (χ3n) is 5.38. The molecule has 1 aliphatic carbocycles. The Kier molecular flexibility index (Phi) is 14.2. The number of hydrogen-bond acceptors (Lipinski definition) is 3. The highest BCUT2D eigenvalue weighted by molar-refractivity contribution is 14.1. The fourth-order valence-corrected chi connectivity index (χ4v) is 4.46. The van der Waals surface area contributed by atoms with E-state index in [0.29, 0.717) is 24.2 Å². The zero-order chi connectivity index (χ0) is 19.0. The Morgan fingerprint density at radius 2 is 1.77 bits per heavy atom. The summed E-state index contributed by atoms with van der Waals surface area (Å²) in [6.07, 6.45) is 18.7. The summed E-state index contributed by atoms with van der Waals surface area (Å²) in [7, 11) is 0. The number of alkyl halides is 1. The second kappa shape index (κ2) is 15.6. The smallest absolute Gasteiger partial charge is 0.330 e. The van der Waals surface area contributed by atoms with Crippen molar-refractivity contribution in [2.75, 3.05) is 11.0 Å². The maximum Gasteiger partial charge on any atom is 0.330 e. The van der Waals surface area contributed by atoms with Gasteiger partial charge in [-0.05, 0) is 55.8 Å². The van der Waals surface area contributed by atoms with E-state index >= 15 is 0 Å². The largest absolute Gasteiger partial charge is 0.463 e. The molecule has 0 saturated heterocycles. The summed E-state index contributed by atoms with van der Waals surface area (Å²) in [6, 6.07) is 0. The molecule has 0 unspecified atom stereocenters. The number of carbonyl (C=O) groups excluding carboxylic acids is 2. The fourth-order valence-electron chi connectivity index (χ4n) is 3.92. The minimum atomic E-state index is -0.257. The molecule has 0 spiro atoms. The van der Waals surface area contributed by atoms with Gasteiger partial charge in [0.15, 0.2) is 0 Å². The molecule has 0 bridgehead atoms. The molecule has 0 aromatic rings. The highest BCUT2D eigenvalue weighted by Gasteiger charge is 2.33. The van der Waals surface area contributed by atoms with Crippen LogP contribution in [0.5, 0.6) is 0 Å². The van der Waals surface area contributed by atoms with Crippen molar-refractivity contribution in [3.05, 3.63) is 12.2 Å². The number of allylic oxidation sites excluding steroid dienone is 1. The summed E-state index contributed by atoms with van der Waals surface area (Å²) in [4.78, 5) is 23.4. The summed E-state index contributed by atoms with van der Waals surface area (Å²) in [6.45, 7) is 2.24. The van der Waals surface area contributed by atoms with Gasteiger partial charge in [0, 0.05) is 18.4 Å². The SMILES string of the molecule is CCOC(=O)C=CCCCC[C@H]1C(=O)CC[C@@H]1CCCCCCCCI. The van der Waals surface area contributed by atoms with Gasteiger partial charge in [0.2, 0.25) is 0 Å². The molecule has 1 rings (SSSR count). The predicted octanol–water partition coefficient (Wildman–Crippen LogP) is 6.43. The van der Waals surface area contributed by atoms with Crippen LogP contribution in [0.3, 0.4) is 0 Å². The third kappa shape index (κ3) is 10.7. The predicted molar refractivity (Wildman–Crippen MR) is 117 cm³/mol. The topological polar surface area (TPSA) is 43.4 Å². The van der Waals surface area contributed by atoms with E-state index in [1.807, 2.05) is 13.0 Å². The van der Waals surface area contributed by atoms with Crippen LogP contribution in [0.2, 0.25) is 0 Å². The van der Waals surface area contributed by atoms with E-state index < -0.39 is 0 Å². The zero-order valence-corrected chi connectivity index (χ0v) is 18.7. The van der Waals surface area contributed by atoms with E-state index in [1.165, 1.54) is 55.4 Å². The van der Waals surface area contributed by atoms with Gasteiger partial charge < -0.3 is 4.74 Å². The van der Waals surface area contributed by atoms with Crippen molar-refractivity contribution in [1.82, 2.24) is 0 Å². The number of halogens is 1. The van der Waals surface area contributed by atoms with Crippen molar-refractivity contribution in [1.29, 1.82) is 0 Å². The summed E-state index contributed by atoms with van der Waals surface area (Å²) >= 11 is 2.45. The van der Waals surface area contributed by atoms with Crippen molar-refractivity contribution in [2.24, 2.45) is 11.8 Å². The molecule has 1 saturated carbocycles. The molecular formula is C22H37IO3. The number of ketones is 1. The zero-order valence-electron chi connectivity index (χ0n) is 16.5. The first-order valence-corrected chi connectivity index (χ1v) is 12.1. The van der Waals surface area contributed by atoms with Crippen LogP contribution in [0.15, 0.2) is 12.2 Å². The van der Waals surface area contributed by atoms with Gasteiger partial charge in [-0.2, -0.15) is 0 Å². The first-order chi connectivity index (χ1) is 12.7. The summed E-state index contributed by atoms with van der Waals surface area (Å²) < 4.78 is 6.14. The van der Waals surface area contributed by atoms with Gasteiger partial charge in [0.1, 0.15) is 5.78 Å². The van der Waals surface area contributed by atoms with Crippen molar-refractivity contribution < 1.29 is 14.3 Å². The molecule has 1 aliphatic rings. The highest BCUT2D eigenvalue weighted by atomic mass is 127. The van der Waals surface area contributed by atoms with Crippen LogP contribution in [0.1, 0.15) is 90.4 Å². The average molecular weight is 476 g/mol. The number of unbranched alkanes of at least 4 members (excludes halogenated alkanes) is 7. The van der Waals surface area contributed by atoms with Crippen LogP contribution in [0.25, 0.3) is 0 Å². The Bertz CT molecular complexity index is 420.